The maximum atomic E-state index is 13.0. The molecule has 30 heavy (non-hydrogen) atoms. The highest BCUT2D eigenvalue weighted by Gasteiger charge is 2.43. The first kappa shape index (κ1) is 21.0. The molecular formula is C22H30N4O3S. The van der Waals surface area contributed by atoms with Crippen LogP contribution in [0.5, 0.6) is 0 Å². The third-order valence-corrected chi connectivity index (χ3v) is 7.87. The number of thiophene rings is 1. The number of aromatic nitrogens is 2. The molecule has 0 unspecified atom stereocenters. The Labute approximate surface area is 181 Å². The van der Waals surface area contributed by atoms with E-state index >= 15 is 0 Å². The van der Waals surface area contributed by atoms with Crippen LogP contribution in [0.4, 0.5) is 5.82 Å². The standard InChI is InChI=1S/C22H30N4O3S/c1-14-15(2)30-20-17(14)18(23-13-24-20)26-11-7-16(8-12-26)19(27)25-22(21(28)29-3)9-5-4-6-10-22/h13,16H,4-12H2,1-3H3,(H,25,27). The molecule has 162 valence electrons. The fraction of sp³-hybridized carbons (Fsp3) is 0.636. The molecule has 1 aliphatic carbocycles. The van der Waals surface area contributed by atoms with Crippen molar-refractivity contribution in [3.63, 3.8) is 0 Å². The van der Waals surface area contributed by atoms with E-state index in [0.29, 0.717) is 12.8 Å². The predicted molar refractivity (Wildman–Crippen MR) is 118 cm³/mol. The van der Waals surface area contributed by atoms with E-state index in [9.17, 15) is 9.59 Å². The number of carbonyl (C=O) groups is 2. The molecule has 0 aromatic carbocycles. The molecule has 1 aliphatic heterocycles. The topological polar surface area (TPSA) is 84.4 Å². The van der Waals surface area contributed by atoms with Crippen LogP contribution in [0, 0.1) is 19.8 Å². The monoisotopic (exact) mass is 430 g/mol. The van der Waals surface area contributed by atoms with Gasteiger partial charge in [0.1, 0.15) is 22.5 Å². The molecule has 2 aromatic heterocycles. The summed E-state index contributed by atoms with van der Waals surface area (Å²) in [6.07, 6.45) is 7.44. The lowest BCUT2D eigenvalue weighted by Gasteiger charge is -2.38. The number of hydrogen-bond donors (Lipinski definition) is 1. The Balaban J connectivity index is 1.45. The van der Waals surface area contributed by atoms with Gasteiger partial charge in [-0.2, -0.15) is 0 Å². The van der Waals surface area contributed by atoms with Crippen molar-refractivity contribution in [3.05, 3.63) is 16.8 Å². The van der Waals surface area contributed by atoms with Gasteiger partial charge in [0.25, 0.3) is 0 Å². The van der Waals surface area contributed by atoms with Gasteiger partial charge >= 0.3 is 5.97 Å². The maximum absolute atomic E-state index is 13.0. The second-order valence-electron chi connectivity index (χ2n) is 8.55. The van der Waals surface area contributed by atoms with Gasteiger partial charge in [-0.05, 0) is 45.1 Å². The van der Waals surface area contributed by atoms with Crippen LogP contribution in [-0.2, 0) is 14.3 Å². The highest BCUT2D eigenvalue weighted by Crippen LogP contribution is 2.36. The molecule has 0 bridgehead atoms. The van der Waals surface area contributed by atoms with Gasteiger partial charge in [-0.3, -0.25) is 4.79 Å². The highest BCUT2D eigenvalue weighted by molar-refractivity contribution is 7.18. The van der Waals surface area contributed by atoms with E-state index in [0.717, 1.165) is 61.2 Å². The maximum Gasteiger partial charge on any atom is 0.331 e. The number of ether oxygens (including phenoxy) is 1. The average Bonchev–Trinajstić information content (AvgIpc) is 3.07. The van der Waals surface area contributed by atoms with Gasteiger partial charge in [0.15, 0.2) is 0 Å². The van der Waals surface area contributed by atoms with Crippen molar-refractivity contribution in [1.29, 1.82) is 0 Å². The predicted octanol–water partition coefficient (Wildman–Crippen LogP) is 3.52. The zero-order valence-corrected chi connectivity index (χ0v) is 18.8. The molecule has 1 N–H and O–H groups in total. The third kappa shape index (κ3) is 3.77. The number of nitrogens with zero attached hydrogens (tertiary/aromatic N) is 3. The van der Waals surface area contributed by atoms with Gasteiger partial charge in [0.05, 0.1) is 12.5 Å². The van der Waals surface area contributed by atoms with Crippen LogP contribution >= 0.6 is 11.3 Å². The van der Waals surface area contributed by atoms with E-state index in [4.69, 9.17) is 4.74 Å². The first-order chi connectivity index (χ1) is 14.4. The van der Waals surface area contributed by atoms with Crippen LogP contribution in [0.3, 0.4) is 0 Å². The summed E-state index contributed by atoms with van der Waals surface area (Å²) in [5.41, 5.74) is 0.397. The van der Waals surface area contributed by atoms with E-state index in [-0.39, 0.29) is 17.8 Å². The summed E-state index contributed by atoms with van der Waals surface area (Å²) in [5, 5.41) is 4.23. The first-order valence-corrected chi connectivity index (χ1v) is 11.6. The Hall–Kier alpha value is -2.22. The van der Waals surface area contributed by atoms with Crippen molar-refractivity contribution in [2.75, 3.05) is 25.1 Å². The van der Waals surface area contributed by atoms with Crippen LogP contribution < -0.4 is 10.2 Å². The van der Waals surface area contributed by atoms with E-state index in [1.165, 1.54) is 17.6 Å². The minimum Gasteiger partial charge on any atom is -0.467 e. The Morgan fingerprint density at radius 1 is 1.17 bits per heavy atom. The number of hydrogen-bond acceptors (Lipinski definition) is 7. The highest BCUT2D eigenvalue weighted by atomic mass is 32.1. The number of methoxy groups -OCH3 is 1. The molecule has 2 aromatic rings. The van der Waals surface area contributed by atoms with Crippen molar-refractivity contribution in [1.82, 2.24) is 15.3 Å². The number of amides is 1. The summed E-state index contributed by atoms with van der Waals surface area (Å²) in [6, 6.07) is 0. The normalized spacial score (nSPS) is 19.6. The van der Waals surface area contributed by atoms with Crippen molar-refractivity contribution in [3.8, 4) is 0 Å². The molecular weight excluding hydrogens is 400 g/mol. The van der Waals surface area contributed by atoms with Crippen LogP contribution in [0.25, 0.3) is 10.2 Å². The quantitative estimate of drug-likeness (QED) is 0.747. The molecule has 1 saturated carbocycles. The number of fused-ring (bicyclic) bond motifs is 1. The number of carbonyl (C=O) groups excluding carboxylic acids is 2. The van der Waals surface area contributed by atoms with Crippen LogP contribution in [0.15, 0.2) is 6.33 Å². The third-order valence-electron chi connectivity index (χ3n) is 6.76. The molecule has 0 radical (unpaired) electrons. The summed E-state index contributed by atoms with van der Waals surface area (Å²) in [4.78, 5) is 39.0. The summed E-state index contributed by atoms with van der Waals surface area (Å²) < 4.78 is 5.04. The molecule has 2 fully saturated rings. The molecule has 0 atom stereocenters. The van der Waals surface area contributed by atoms with Gasteiger partial charge < -0.3 is 15.0 Å². The van der Waals surface area contributed by atoms with Gasteiger partial charge in [-0.1, -0.05) is 19.3 Å². The number of anilines is 1. The minimum atomic E-state index is -0.842. The van der Waals surface area contributed by atoms with E-state index in [1.54, 1.807) is 17.7 Å². The number of nitrogens with one attached hydrogen (secondary N) is 1. The van der Waals surface area contributed by atoms with Gasteiger partial charge in [-0.25, -0.2) is 14.8 Å². The smallest absolute Gasteiger partial charge is 0.331 e. The summed E-state index contributed by atoms with van der Waals surface area (Å²) in [5.74, 6) is 0.559. The molecule has 7 nitrogen and oxygen atoms in total. The average molecular weight is 431 g/mol. The zero-order chi connectivity index (χ0) is 21.3. The van der Waals surface area contributed by atoms with Crippen molar-refractivity contribution in [2.24, 2.45) is 5.92 Å². The lowest BCUT2D eigenvalue weighted by atomic mass is 9.81. The van der Waals surface area contributed by atoms with E-state index in [1.807, 2.05) is 0 Å². The molecule has 1 amide bonds. The fourth-order valence-corrected chi connectivity index (χ4v) is 5.82. The molecule has 1 saturated heterocycles. The number of esters is 1. The summed E-state index contributed by atoms with van der Waals surface area (Å²) in [7, 11) is 1.40. The largest absolute Gasteiger partial charge is 0.467 e. The molecule has 4 rings (SSSR count). The lowest BCUT2D eigenvalue weighted by Crippen LogP contribution is -2.58. The Kier molecular flexibility index (Phi) is 5.95. The van der Waals surface area contributed by atoms with E-state index < -0.39 is 5.54 Å². The van der Waals surface area contributed by atoms with Crippen LogP contribution in [-0.4, -0.2) is 47.6 Å². The SMILES string of the molecule is COC(=O)C1(NC(=O)C2CCN(c3ncnc4sc(C)c(C)c34)CC2)CCCCC1. The minimum absolute atomic E-state index is 0.0163. The molecule has 0 spiro atoms. The molecule has 8 heteroatoms. The Bertz CT molecular complexity index is 943. The second kappa shape index (κ2) is 8.49. The van der Waals surface area contributed by atoms with Gasteiger partial charge in [0.2, 0.25) is 5.91 Å². The molecule has 3 heterocycles. The fourth-order valence-electron chi connectivity index (χ4n) is 4.83. The van der Waals surface area contributed by atoms with E-state index in [2.05, 4.69) is 34.0 Å². The second-order valence-corrected chi connectivity index (χ2v) is 9.75. The number of rotatable bonds is 4. The number of piperidine rings is 1. The molecule has 2 aliphatic rings. The summed E-state index contributed by atoms with van der Waals surface area (Å²) in [6.45, 7) is 5.77. The van der Waals surface area contributed by atoms with Gasteiger partial charge in [-0.15, -0.1) is 11.3 Å². The van der Waals surface area contributed by atoms with Crippen LogP contribution in [0.1, 0.15) is 55.4 Å². The summed E-state index contributed by atoms with van der Waals surface area (Å²) >= 11 is 1.70. The first-order valence-electron chi connectivity index (χ1n) is 10.8. The Morgan fingerprint density at radius 3 is 2.53 bits per heavy atom. The van der Waals surface area contributed by atoms with Crippen LogP contribution in [0.2, 0.25) is 0 Å². The van der Waals surface area contributed by atoms with Crippen molar-refractivity contribution < 1.29 is 14.3 Å². The zero-order valence-electron chi connectivity index (χ0n) is 18.0. The lowest BCUT2D eigenvalue weighted by molar-refractivity contribution is -0.153. The van der Waals surface area contributed by atoms with Crippen molar-refractivity contribution in [2.45, 2.75) is 64.3 Å². The van der Waals surface area contributed by atoms with Crippen molar-refractivity contribution >= 4 is 39.2 Å². The van der Waals surface area contributed by atoms with Gasteiger partial charge in [0, 0.05) is 23.9 Å². The Morgan fingerprint density at radius 2 is 1.87 bits per heavy atom. The number of aryl methyl sites for hydroxylation is 2.